The summed E-state index contributed by atoms with van der Waals surface area (Å²) in [5.41, 5.74) is -1.05. The standard InChI is InChI=1S/C13H22N2O5/c1-4-20-10(16)7-15(9-5-6-9)12(19)14-8-13(2,3)11(17)18/h9H,4-8H2,1-3H3,(H,14,19)(H,17,18). The third kappa shape index (κ3) is 4.71. The Bertz CT molecular complexity index is 390. The fourth-order valence-electron chi connectivity index (χ4n) is 1.57. The van der Waals surface area contributed by atoms with Gasteiger partial charge in [0.15, 0.2) is 0 Å². The van der Waals surface area contributed by atoms with E-state index >= 15 is 0 Å². The van der Waals surface area contributed by atoms with E-state index in [1.807, 2.05) is 0 Å². The Kier molecular flexibility index (Phi) is 5.35. The van der Waals surface area contributed by atoms with E-state index in [9.17, 15) is 14.4 Å². The van der Waals surface area contributed by atoms with Gasteiger partial charge in [0.2, 0.25) is 0 Å². The molecule has 1 aliphatic rings. The molecule has 114 valence electrons. The maximum absolute atomic E-state index is 12.0. The quantitative estimate of drug-likeness (QED) is 0.676. The number of nitrogens with one attached hydrogen (secondary N) is 1. The summed E-state index contributed by atoms with van der Waals surface area (Å²) >= 11 is 0. The Morgan fingerprint density at radius 1 is 1.35 bits per heavy atom. The maximum atomic E-state index is 12.0. The number of urea groups is 1. The van der Waals surface area contributed by atoms with Crippen molar-refractivity contribution in [3.63, 3.8) is 0 Å². The minimum atomic E-state index is -1.05. The predicted octanol–water partition coefficient (Wildman–Crippen LogP) is 0.834. The molecule has 0 aromatic rings. The topological polar surface area (TPSA) is 95.9 Å². The zero-order chi connectivity index (χ0) is 15.3. The van der Waals surface area contributed by atoms with Crippen molar-refractivity contribution in [3.05, 3.63) is 0 Å². The number of carboxylic acids is 1. The van der Waals surface area contributed by atoms with Gasteiger partial charge in [-0.2, -0.15) is 0 Å². The Morgan fingerprint density at radius 3 is 2.40 bits per heavy atom. The van der Waals surface area contributed by atoms with Crippen LogP contribution >= 0.6 is 0 Å². The number of ether oxygens (including phenoxy) is 1. The summed E-state index contributed by atoms with van der Waals surface area (Å²) in [5, 5.41) is 11.6. The van der Waals surface area contributed by atoms with Crippen LogP contribution in [-0.4, -0.2) is 53.7 Å². The lowest BCUT2D eigenvalue weighted by molar-refractivity contribution is -0.147. The largest absolute Gasteiger partial charge is 0.481 e. The molecule has 0 aliphatic heterocycles. The third-order valence-corrected chi connectivity index (χ3v) is 3.11. The van der Waals surface area contributed by atoms with E-state index in [1.54, 1.807) is 6.92 Å². The molecule has 0 atom stereocenters. The molecule has 0 heterocycles. The molecule has 0 aromatic carbocycles. The van der Waals surface area contributed by atoms with Gasteiger partial charge >= 0.3 is 18.0 Å². The van der Waals surface area contributed by atoms with Crippen LogP contribution in [0.1, 0.15) is 33.6 Å². The number of carbonyl (C=O) groups excluding carboxylic acids is 2. The first-order chi connectivity index (χ1) is 9.27. The van der Waals surface area contributed by atoms with E-state index in [2.05, 4.69) is 5.32 Å². The van der Waals surface area contributed by atoms with Gasteiger partial charge in [-0.25, -0.2) is 4.79 Å². The van der Waals surface area contributed by atoms with Gasteiger partial charge in [-0.05, 0) is 33.6 Å². The average molecular weight is 286 g/mol. The summed E-state index contributed by atoms with van der Waals surface area (Å²) in [4.78, 5) is 35.9. The highest BCUT2D eigenvalue weighted by Gasteiger charge is 2.35. The number of rotatable bonds is 7. The number of hydrogen-bond acceptors (Lipinski definition) is 4. The summed E-state index contributed by atoms with van der Waals surface area (Å²) in [6.07, 6.45) is 1.71. The lowest BCUT2D eigenvalue weighted by atomic mass is 9.94. The molecule has 20 heavy (non-hydrogen) atoms. The van der Waals surface area contributed by atoms with E-state index in [1.165, 1.54) is 18.7 Å². The number of esters is 1. The lowest BCUT2D eigenvalue weighted by Gasteiger charge is -2.25. The van der Waals surface area contributed by atoms with Gasteiger partial charge in [-0.3, -0.25) is 9.59 Å². The smallest absolute Gasteiger partial charge is 0.325 e. The summed E-state index contributed by atoms with van der Waals surface area (Å²) in [6.45, 7) is 4.94. The van der Waals surface area contributed by atoms with E-state index < -0.39 is 23.4 Å². The van der Waals surface area contributed by atoms with Crippen LogP contribution in [0.15, 0.2) is 0 Å². The second kappa shape index (κ2) is 6.58. The third-order valence-electron chi connectivity index (χ3n) is 3.11. The second-order valence-electron chi connectivity index (χ2n) is 5.51. The van der Waals surface area contributed by atoms with Crippen LogP contribution < -0.4 is 5.32 Å². The number of amides is 2. The lowest BCUT2D eigenvalue weighted by Crippen LogP contribution is -2.48. The normalized spacial score (nSPS) is 14.6. The molecule has 1 aliphatic carbocycles. The zero-order valence-corrected chi connectivity index (χ0v) is 12.1. The molecular weight excluding hydrogens is 264 g/mol. The molecule has 0 spiro atoms. The van der Waals surface area contributed by atoms with E-state index in [4.69, 9.17) is 9.84 Å². The molecule has 0 unspecified atom stereocenters. The molecule has 1 rings (SSSR count). The molecule has 1 fully saturated rings. The summed E-state index contributed by atoms with van der Waals surface area (Å²) in [5.74, 6) is -1.44. The number of nitrogens with zero attached hydrogens (tertiary/aromatic N) is 1. The molecule has 2 amide bonds. The van der Waals surface area contributed by atoms with Crippen molar-refractivity contribution in [1.82, 2.24) is 10.2 Å². The Morgan fingerprint density at radius 2 is 1.95 bits per heavy atom. The number of carboxylic acid groups (broad SMARTS) is 1. The van der Waals surface area contributed by atoms with Gasteiger partial charge < -0.3 is 20.1 Å². The highest BCUT2D eigenvalue weighted by atomic mass is 16.5. The van der Waals surface area contributed by atoms with Crippen LogP contribution in [0.4, 0.5) is 4.79 Å². The average Bonchev–Trinajstić information content (AvgIpc) is 3.17. The Labute approximate surface area is 118 Å². The molecule has 7 heteroatoms. The van der Waals surface area contributed by atoms with Gasteiger partial charge in [0.05, 0.1) is 12.0 Å². The first kappa shape index (κ1) is 16.3. The fraction of sp³-hybridized carbons (Fsp3) is 0.769. The molecule has 7 nitrogen and oxygen atoms in total. The van der Waals surface area contributed by atoms with Crippen molar-refractivity contribution >= 4 is 18.0 Å². The Hall–Kier alpha value is -1.79. The zero-order valence-electron chi connectivity index (χ0n) is 12.1. The van der Waals surface area contributed by atoms with Gasteiger partial charge in [0.1, 0.15) is 6.54 Å². The summed E-state index contributed by atoms with van der Waals surface area (Å²) in [7, 11) is 0. The van der Waals surface area contributed by atoms with Crippen LogP contribution in [0, 0.1) is 5.41 Å². The first-order valence-electron chi connectivity index (χ1n) is 6.71. The van der Waals surface area contributed by atoms with Crippen molar-refractivity contribution in [2.24, 2.45) is 5.41 Å². The molecule has 1 saturated carbocycles. The second-order valence-corrected chi connectivity index (χ2v) is 5.51. The summed E-state index contributed by atoms with van der Waals surface area (Å²) < 4.78 is 4.83. The van der Waals surface area contributed by atoms with Crippen molar-refractivity contribution in [1.29, 1.82) is 0 Å². The van der Waals surface area contributed by atoms with Crippen LogP contribution in [0.2, 0.25) is 0 Å². The fourth-order valence-corrected chi connectivity index (χ4v) is 1.57. The van der Waals surface area contributed by atoms with E-state index in [0.717, 1.165) is 12.8 Å². The van der Waals surface area contributed by atoms with Crippen molar-refractivity contribution < 1.29 is 24.2 Å². The Balaban J connectivity index is 2.53. The maximum Gasteiger partial charge on any atom is 0.325 e. The molecule has 0 radical (unpaired) electrons. The van der Waals surface area contributed by atoms with Crippen LogP contribution in [0.25, 0.3) is 0 Å². The molecule has 0 aromatic heterocycles. The first-order valence-corrected chi connectivity index (χ1v) is 6.71. The summed E-state index contributed by atoms with van der Waals surface area (Å²) in [6, 6.07) is -0.373. The van der Waals surface area contributed by atoms with Gasteiger partial charge in [-0.15, -0.1) is 0 Å². The van der Waals surface area contributed by atoms with Gasteiger partial charge in [-0.1, -0.05) is 0 Å². The highest BCUT2D eigenvalue weighted by molar-refractivity contribution is 5.82. The van der Waals surface area contributed by atoms with E-state index in [-0.39, 0.29) is 25.7 Å². The van der Waals surface area contributed by atoms with Crippen molar-refractivity contribution in [2.75, 3.05) is 19.7 Å². The number of aliphatic carboxylic acids is 1. The molecular formula is C13H22N2O5. The molecule has 2 N–H and O–H groups in total. The SMILES string of the molecule is CCOC(=O)CN(C(=O)NCC(C)(C)C(=O)O)C1CC1. The molecule has 0 saturated heterocycles. The minimum absolute atomic E-state index is 0.00715. The predicted molar refractivity (Wildman–Crippen MR) is 71.2 cm³/mol. The minimum Gasteiger partial charge on any atom is -0.481 e. The van der Waals surface area contributed by atoms with Crippen molar-refractivity contribution in [2.45, 2.75) is 39.7 Å². The molecule has 0 bridgehead atoms. The number of carbonyl (C=O) groups is 3. The monoisotopic (exact) mass is 286 g/mol. The van der Waals surface area contributed by atoms with Crippen LogP contribution in [0.3, 0.4) is 0 Å². The number of hydrogen-bond donors (Lipinski definition) is 2. The van der Waals surface area contributed by atoms with Gasteiger partial charge in [0, 0.05) is 12.6 Å². The van der Waals surface area contributed by atoms with Gasteiger partial charge in [0.25, 0.3) is 0 Å². The van der Waals surface area contributed by atoms with E-state index in [0.29, 0.717) is 0 Å². The van der Waals surface area contributed by atoms with Crippen molar-refractivity contribution in [3.8, 4) is 0 Å². The van der Waals surface area contributed by atoms with Crippen LogP contribution in [0.5, 0.6) is 0 Å². The highest BCUT2D eigenvalue weighted by Crippen LogP contribution is 2.26. The van der Waals surface area contributed by atoms with Crippen LogP contribution in [-0.2, 0) is 14.3 Å².